The van der Waals surface area contributed by atoms with Crippen molar-refractivity contribution in [3.63, 3.8) is 0 Å². The van der Waals surface area contributed by atoms with E-state index in [0.717, 1.165) is 4.90 Å². The molecule has 16 heavy (non-hydrogen) atoms. The molecule has 1 unspecified atom stereocenters. The molecule has 2 amide bonds. The number of nitriles is 1. The average molecular weight is 233 g/mol. The molecule has 0 aliphatic heterocycles. The van der Waals surface area contributed by atoms with E-state index >= 15 is 0 Å². The van der Waals surface area contributed by atoms with Crippen LogP contribution in [0.15, 0.2) is 0 Å². The monoisotopic (exact) mass is 233 g/mol. The molecule has 1 atom stereocenters. The maximum atomic E-state index is 12.4. The molecule has 0 heterocycles. The minimum absolute atomic E-state index is 0.150. The van der Waals surface area contributed by atoms with Crippen LogP contribution in [0.1, 0.15) is 13.8 Å². The lowest BCUT2D eigenvalue weighted by Gasteiger charge is -2.21. The first-order valence-corrected chi connectivity index (χ1v) is 4.62. The summed E-state index contributed by atoms with van der Waals surface area (Å²) in [6.07, 6.45) is 0.331. The second-order valence-corrected chi connectivity index (χ2v) is 3.26. The molecule has 1 N–H and O–H groups in total. The standard InChI is InChI=1S/C9H13F2N3O2/c1-3-14(6-15)7(4-12)8(16)13-5-9(2,10)11/h6-7H,3,5H2,1-2H3,(H,13,16). The number of hydrogen-bond donors (Lipinski definition) is 1. The van der Waals surface area contributed by atoms with Crippen LogP contribution < -0.4 is 5.32 Å². The first-order valence-electron chi connectivity index (χ1n) is 4.62. The minimum atomic E-state index is -3.05. The number of halogens is 2. The van der Waals surface area contributed by atoms with Crippen molar-refractivity contribution < 1.29 is 18.4 Å². The molecule has 0 aromatic rings. The smallest absolute Gasteiger partial charge is 0.262 e. The molecule has 0 rings (SSSR count). The van der Waals surface area contributed by atoms with E-state index < -0.39 is 24.4 Å². The van der Waals surface area contributed by atoms with Crippen LogP contribution in [0.2, 0.25) is 0 Å². The highest BCUT2D eigenvalue weighted by atomic mass is 19.3. The van der Waals surface area contributed by atoms with Crippen molar-refractivity contribution in [3.05, 3.63) is 0 Å². The predicted molar refractivity (Wildman–Crippen MR) is 51.5 cm³/mol. The van der Waals surface area contributed by atoms with E-state index in [2.05, 4.69) is 0 Å². The summed E-state index contributed by atoms with van der Waals surface area (Å²) >= 11 is 0. The van der Waals surface area contributed by atoms with Gasteiger partial charge in [-0.05, 0) is 6.92 Å². The summed E-state index contributed by atoms with van der Waals surface area (Å²) in [6.45, 7) is 1.50. The summed E-state index contributed by atoms with van der Waals surface area (Å²) in [5.74, 6) is -3.95. The molecular weight excluding hydrogens is 220 g/mol. The molecule has 0 aromatic heterocycles. The first kappa shape index (κ1) is 14.3. The normalized spacial score (nSPS) is 12.4. The molecule has 0 aromatic carbocycles. The van der Waals surface area contributed by atoms with Crippen LogP contribution in [0, 0.1) is 11.3 Å². The van der Waals surface area contributed by atoms with Gasteiger partial charge >= 0.3 is 0 Å². The highest BCUT2D eigenvalue weighted by Gasteiger charge is 2.27. The number of amides is 2. The van der Waals surface area contributed by atoms with Gasteiger partial charge in [-0.1, -0.05) is 0 Å². The lowest BCUT2D eigenvalue weighted by Crippen LogP contribution is -2.47. The summed E-state index contributed by atoms with van der Waals surface area (Å²) in [5, 5.41) is 10.6. The topological polar surface area (TPSA) is 73.2 Å². The summed E-state index contributed by atoms with van der Waals surface area (Å²) in [7, 11) is 0. The Morgan fingerprint density at radius 3 is 2.56 bits per heavy atom. The fourth-order valence-electron chi connectivity index (χ4n) is 0.940. The van der Waals surface area contributed by atoms with Crippen LogP contribution in [0.4, 0.5) is 8.78 Å². The molecule has 7 heteroatoms. The Balaban J connectivity index is 4.44. The third-order valence-corrected chi connectivity index (χ3v) is 1.78. The van der Waals surface area contributed by atoms with Gasteiger partial charge in [-0.2, -0.15) is 5.26 Å². The summed E-state index contributed by atoms with van der Waals surface area (Å²) in [6, 6.07) is 0.207. The van der Waals surface area contributed by atoms with E-state index in [9.17, 15) is 18.4 Å². The largest absolute Gasteiger partial charge is 0.347 e. The lowest BCUT2D eigenvalue weighted by atomic mass is 10.2. The second kappa shape index (κ2) is 6.00. The third kappa shape index (κ3) is 4.68. The first-order chi connectivity index (χ1) is 7.35. The van der Waals surface area contributed by atoms with Gasteiger partial charge in [0.2, 0.25) is 6.41 Å². The Kier molecular flexibility index (Phi) is 5.36. The van der Waals surface area contributed by atoms with Crippen molar-refractivity contribution in [2.75, 3.05) is 13.1 Å². The van der Waals surface area contributed by atoms with E-state index in [1.165, 1.54) is 0 Å². The quantitative estimate of drug-likeness (QED) is 0.662. The average Bonchev–Trinajstić information content (AvgIpc) is 2.21. The van der Waals surface area contributed by atoms with Gasteiger partial charge in [0, 0.05) is 13.5 Å². The van der Waals surface area contributed by atoms with E-state index in [-0.39, 0.29) is 6.54 Å². The number of nitrogens with one attached hydrogen (secondary N) is 1. The molecule has 0 radical (unpaired) electrons. The van der Waals surface area contributed by atoms with E-state index in [1.807, 2.05) is 5.32 Å². The van der Waals surface area contributed by atoms with Crippen molar-refractivity contribution in [1.29, 1.82) is 5.26 Å². The number of rotatable bonds is 6. The zero-order chi connectivity index (χ0) is 12.8. The molecule has 0 saturated heterocycles. The Bertz CT molecular complexity index is 296. The zero-order valence-electron chi connectivity index (χ0n) is 9.04. The van der Waals surface area contributed by atoms with Crippen LogP contribution in [0.25, 0.3) is 0 Å². The molecular formula is C9H13F2N3O2. The lowest BCUT2D eigenvalue weighted by molar-refractivity contribution is -0.131. The van der Waals surface area contributed by atoms with Crippen molar-refractivity contribution in [2.45, 2.75) is 25.8 Å². The number of carbonyl (C=O) groups excluding carboxylic acids is 2. The van der Waals surface area contributed by atoms with Crippen molar-refractivity contribution in [2.24, 2.45) is 0 Å². The predicted octanol–water partition coefficient (Wildman–Crippen LogP) is 0.128. The Labute approximate surface area is 92.0 Å². The zero-order valence-corrected chi connectivity index (χ0v) is 9.04. The van der Waals surface area contributed by atoms with Crippen molar-refractivity contribution in [1.82, 2.24) is 10.2 Å². The Morgan fingerprint density at radius 1 is 1.69 bits per heavy atom. The molecule has 90 valence electrons. The fraction of sp³-hybridized carbons (Fsp3) is 0.667. The number of nitrogens with zero attached hydrogens (tertiary/aromatic N) is 2. The molecule has 0 aliphatic carbocycles. The van der Waals surface area contributed by atoms with E-state index in [1.54, 1.807) is 13.0 Å². The van der Waals surface area contributed by atoms with Gasteiger partial charge in [0.1, 0.15) is 0 Å². The van der Waals surface area contributed by atoms with Gasteiger partial charge < -0.3 is 10.2 Å². The SMILES string of the molecule is CCN(C=O)C(C#N)C(=O)NCC(C)(F)F. The van der Waals surface area contributed by atoms with Crippen LogP contribution >= 0.6 is 0 Å². The molecule has 0 bridgehead atoms. The number of alkyl halides is 2. The number of carbonyl (C=O) groups is 2. The van der Waals surface area contributed by atoms with Crippen LogP contribution in [-0.2, 0) is 9.59 Å². The third-order valence-electron chi connectivity index (χ3n) is 1.78. The summed E-state index contributed by atoms with van der Waals surface area (Å²) in [5.41, 5.74) is 0. The summed E-state index contributed by atoms with van der Waals surface area (Å²) in [4.78, 5) is 22.7. The molecule has 5 nitrogen and oxygen atoms in total. The summed E-state index contributed by atoms with van der Waals surface area (Å²) < 4.78 is 24.9. The van der Waals surface area contributed by atoms with Crippen molar-refractivity contribution >= 4 is 12.3 Å². The minimum Gasteiger partial charge on any atom is -0.347 e. The molecule has 0 spiro atoms. The van der Waals surface area contributed by atoms with Crippen LogP contribution in [-0.4, -0.2) is 42.3 Å². The van der Waals surface area contributed by atoms with Crippen molar-refractivity contribution in [3.8, 4) is 6.07 Å². The van der Waals surface area contributed by atoms with E-state index in [0.29, 0.717) is 13.3 Å². The highest BCUT2D eigenvalue weighted by Crippen LogP contribution is 2.09. The van der Waals surface area contributed by atoms with Gasteiger partial charge in [0.15, 0.2) is 6.04 Å². The number of likely N-dealkylation sites (N-methyl/N-ethyl adjacent to an activating group) is 1. The fourth-order valence-corrected chi connectivity index (χ4v) is 0.940. The molecule has 0 saturated carbocycles. The van der Waals surface area contributed by atoms with Gasteiger partial charge in [-0.25, -0.2) is 8.78 Å². The molecule has 0 fully saturated rings. The molecule has 0 aliphatic rings. The van der Waals surface area contributed by atoms with E-state index in [4.69, 9.17) is 5.26 Å². The van der Waals surface area contributed by atoms with Gasteiger partial charge in [-0.15, -0.1) is 0 Å². The second-order valence-electron chi connectivity index (χ2n) is 3.26. The number of hydrogen-bond acceptors (Lipinski definition) is 3. The van der Waals surface area contributed by atoms with Crippen LogP contribution in [0.5, 0.6) is 0 Å². The van der Waals surface area contributed by atoms with Gasteiger partial charge in [0.25, 0.3) is 11.8 Å². The Hall–Kier alpha value is -1.71. The van der Waals surface area contributed by atoms with Gasteiger partial charge in [-0.3, -0.25) is 9.59 Å². The highest BCUT2D eigenvalue weighted by molar-refractivity contribution is 5.86. The maximum Gasteiger partial charge on any atom is 0.262 e. The Morgan fingerprint density at radius 2 is 2.25 bits per heavy atom. The van der Waals surface area contributed by atoms with Crippen LogP contribution in [0.3, 0.4) is 0 Å². The van der Waals surface area contributed by atoms with Gasteiger partial charge in [0.05, 0.1) is 12.6 Å². The maximum absolute atomic E-state index is 12.4.